The van der Waals surface area contributed by atoms with E-state index in [0.717, 1.165) is 18.5 Å². The van der Waals surface area contributed by atoms with Crippen LogP contribution in [0.2, 0.25) is 0 Å². The average Bonchev–Trinajstić information content (AvgIpc) is 3.12. The van der Waals surface area contributed by atoms with Gasteiger partial charge in [-0.3, -0.25) is 4.79 Å². The zero-order valence-electron chi connectivity index (χ0n) is 15.1. The zero-order chi connectivity index (χ0) is 18.0. The molecule has 2 aliphatic heterocycles. The molecule has 2 heterocycles. The number of carbonyl (C=O) groups is 2. The number of hydrogen-bond acceptors (Lipinski definition) is 2. The zero-order valence-corrected chi connectivity index (χ0v) is 15.1. The molecular weight excluding hydrogens is 314 g/mol. The molecular formula is C20H27N3O2. The molecule has 0 aliphatic carbocycles. The Morgan fingerprint density at radius 2 is 2.12 bits per heavy atom. The summed E-state index contributed by atoms with van der Waals surface area (Å²) in [5.41, 5.74) is 0.620. The lowest BCUT2D eigenvalue weighted by Crippen LogP contribution is -2.44. The van der Waals surface area contributed by atoms with Crippen molar-refractivity contribution >= 4 is 11.9 Å². The second-order valence-corrected chi connectivity index (χ2v) is 7.39. The Kier molecular flexibility index (Phi) is 4.84. The van der Waals surface area contributed by atoms with Gasteiger partial charge >= 0.3 is 6.03 Å². The fourth-order valence-corrected chi connectivity index (χ4v) is 4.17. The second-order valence-electron chi connectivity index (χ2n) is 7.39. The number of likely N-dealkylation sites (tertiary alicyclic amines) is 2. The van der Waals surface area contributed by atoms with Crippen molar-refractivity contribution in [1.29, 1.82) is 0 Å². The Morgan fingerprint density at radius 3 is 2.76 bits per heavy atom. The number of carbonyl (C=O) groups excluding carboxylic acids is 2. The van der Waals surface area contributed by atoms with Crippen molar-refractivity contribution in [3.8, 4) is 0 Å². The van der Waals surface area contributed by atoms with E-state index in [-0.39, 0.29) is 23.9 Å². The van der Waals surface area contributed by atoms with Crippen molar-refractivity contribution < 1.29 is 9.59 Å². The molecule has 2 saturated heterocycles. The summed E-state index contributed by atoms with van der Waals surface area (Å²) < 4.78 is 0. The molecule has 0 bridgehead atoms. The van der Waals surface area contributed by atoms with Crippen LogP contribution in [0.5, 0.6) is 0 Å². The Bertz CT molecular complexity index is 658. The highest BCUT2D eigenvalue weighted by molar-refractivity contribution is 5.88. The highest BCUT2D eigenvalue weighted by atomic mass is 16.2. The van der Waals surface area contributed by atoms with Crippen LogP contribution in [-0.4, -0.2) is 54.0 Å². The van der Waals surface area contributed by atoms with Crippen molar-refractivity contribution in [1.82, 2.24) is 15.1 Å². The largest absolute Gasteiger partial charge is 0.338 e. The average molecular weight is 341 g/mol. The molecule has 1 N–H and O–H groups in total. The monoisotopic (exact) mass is 341 g/mol. The third-order valence-corrected chi connectivity index (χ3v) is 5.33. The first-order chi connectivity index (χ1) is 12.0. The molecule has 25 heavy (non-hydrogen) atoms. The van der Waals surface area contributed by atoms with Crippen LogP contribution in [0.4, 0.5) is 4.79 Å². The van der Waals surface area contributed by atoms with E-state index in [1.165, 1.54) is 0 Å². The number of hydrogen-bond donors (Lipinski definition) is 1. The van der Waals surface area contributed by atoms with Crippen LogP contribution < -0.4 is 5.32 Å². The molecule has 1 aromatic rings. The molecule has 0 saturated carbocycles. The SMILES string of the molecule is C=CCN1CC[C@]2(CN(C(=O)NC(C)C)C[C@H]2c2ccccc2)C1=O. The molecule has 1 aromatic carbocycles. The van der Waals surface area contributed by atoms with Crippen molar-refractivity contribution in [3.05, 3.63) is 48.6 Å². The fraction of sp³-hybridized carbons (Fsp3) is 0.500. The van der Waals surface area contributed by atoms with E-state index < -0.39 is 5.41 Å². The Hall–Kier alpha value is -2.30. The smallest absolute Gasteiger partial charge is 0.317 e. The minimum absolute atomic E-state index is 0.0360. The molecule has 3 amide bonds. The summed E-state index contributed by atoms with van der Waals surface area (Å²) in [7, 11) is 0. The lowest BCUT2D eigenvalue weighted by Gasteiger charge is -2.28. The number of nitrogens with one attached hydrogen (secondary N) is 1. The first-order valence-corrected chi connectivity index (χ1v) is 8.98. The number of amides is 3. The number of nitrogens with zero attached hydrogens (tertiary/aromatic N) is 2. The lowest BCUT2D eigenvalue weighted by molar-refractivity contribution is -0.135. The summed E-state index contributed by atoms with van der Waals surface area (Å²) in [5, 5.41) is 2.96. The molecule has 2 aliphatic rings. The minimum Gasteiger partial charge on any atom is -0.338 e. The van der Waals surface area contributed by atoms with Crippen LogP contribution in [0.1, 0.15) is 31.7 Å². The second kappa shape index (κ2) is 6.90. The van der Waals surface area contributed by atoms with Crippen LogP contribution in [-0.2, 0) is 4.79 Å². The predicted octanol–water partition coefficient (Wildman–Crippen LogP) is 2.61. The Morgan fingerprint density at radius 1 is 1.40 bits per heavy atom. The van der Waals surface area contributed by atoms with Crippen LogP contribution in [0.15, 0.2) is 43.0 Å². The quantitative estimate of drug-likeness (QED) is 0.856. The summed E-state index contributed by atoms with van der Waals surface area (Å²) in [6.45, 7) is 10.0. The molecule has 2 atom stereocenters. The predicted molar refractivity (Wildman–Crippen MR) is 98.3 cm³/mol. The topological polar surface area (TPSA) is 52.6 Å². The van der Waals surface area contributed by atoms with Gasteiger partial charge < -0.3 is 15.1 Å². The molecule has 2 fully saturated rings. The van der Waals surface area contributed by atoms with Crippen molar-refractivity contribution in [2.45, 2.75) is 32.2 Å². The molecule has 0 unspecified atom stereocenters. The third kappa shape index (κ3) is 3.15. The van der Waals surface area contributed by atoms with Gasteiger partial charge in [-0.05, 0) is 25.8 Å². The third-order valence-electron chi connectivity index (χ3n) is 5.33. The number of benzene rings is 1. The molecule has 0 radical (unpaired) electrons. The van der Waals surface area contributed by atoms with Gasteiger partial charge in [0.15, 0.2) is 0 Å². The Balaban J connectivity index is 1.92. The molecule has 3 rings (SSSR count). The molecule has 134 valence electrons. The van der Waals surface area contributed by atoms with E-state index in [2.05, 4.69) is 24.0 Å². The Labute approximate surface area is 149 Å². The van der Waals surface area contributed by atoms with Gasteiger partial charge in [0.25, 0.3) is 0 Å². The van der Waals surface area contributed by atoms with Gasteiger partial charge in [0.1, 0.15) is 0 Å². The van der Waals surface area contributed by atoms with Crippen LogP contribution in [0, 0.1) is 5.41 Å². The minimum atomic E-state index is -0.515. The molecule has 5 nitrogen and oxygen atoms in total. The van der Waals surface area contributed by atoms with Crippen molar-refractivity contribution in [3.63, 3.8) is 0 Å². The first-order valence-electron chi connectivity index (χ1n) is 8.98. The maximum Gasteiger partial charge on any atom is 0.317 e. The summed E-state index contributed by atoms with van der Waals surface area (Å²) in [6.07, 6.45) is 2.55. The summed E-state index contributed by atoms with van der Waals surface area (Å²) in [5.74, 6) is 0.190. The summed E-state index contributed by atoms with van der Waals surface area (Å²) >= 11 is 0. The van der Waals surface area contributed by atoms with Gasteiger partial charge in [0.2, 0.25) is 5.91 Å². The van der Waals surface area contributed by atoms with E-state index in [1.807, 2.05) is 41.8 Å². The van der Waals surface area contributed by atoms with Crippen LogP contribution in [0.3, 0.4) is 0 Å². The maximum absolute atomic E-state index is 13.2. The van der Waals surface area contributed by atoms with E-state index in [0.29, 0.717) is 19.6 Å². The van der Waals surface area contributed by atoms with Gasteiger partial charge in [-0.2, -0.15) is 0 Å². The molecule has 0 aromatic heterocycles. The van der Waals surface area contributed by atoms with E-state index >= 15 is 0 Å². The normalized spacial score (nSPS) is 25.9. The van der Waals surface area contributed by atoms with E-state index in [1.54, 1.807) is 6.08 Å². The number of urea groups is 1. The van der Waals surface area contributed by atoms with E-state index in [9.17, 15) is 9.59 Å². The van der Waals surface area contributed by atoms with Crippen molar-refractivity contribution in [2.24, 2.45) is 5.41 Å². The highest BCUT2D eigenvalue weighted by Crippen LogP contribution is 2.49. The van der Waals surface area contributed by atoms with Gasteiger partial charge in [-0.1, -0.05) is 36.4 Å². The maximum atomic E-state index is 13.2. The summed E-state index contributed by atoms with van der Waals surface area (Å²) in [4.78, 5) is 29.5. The fourth-order valence-electron chi connectivity index (χ4n) is 4.17. The van der Waals surface area contributed by atoms with Crippen LogP contribution in [0.25, 0.3) is 0 Å². The molecule has 1 spiro atoms. The van der Waals surface area contributed by atoms with Gasteiger partial charge in [-0.25, -0.2) is 4.79 Å². The van der Waals surface area contributed by atoms with Gasteiger partial charge in [0, 0.05) is 38.1 Å². The number of rotatable bonds is 4. The van der Waals surface area contributed by atoms with Crippen LogP contribution >= 0.6 is 0 Å². The van der Waals surface area contributed by atoms with Gasteiger partial charge in [-0.15, -0.1) is 6.58 Å². The van der Waals surface area contributed by atoms with Gasteiger partial charge in [0.05, 0.1) is 5.41 Å². The van der Waals surface area contributed by atoms with E-state index in [4.69, 9.17) is 0 Å². The standard InChI is InChI=1S/C20H27N3O2/c1-4-11-22-12-10-20(18(22)24)14-23(19(25)21-15(2)3)13-17(20)16-8-6-5-7-9-16/h4-9,15,17H,1,10-14H2,2-3H3,(H,21,25)/t17-,20+/m0/s1. The lowest BCUT2D eigenvalue weighted by atomic mass is 9.73. The first kappa shape index (κ1) is 17.5. The highest BCUT2D eigenvalue weighted by Gasteiger charge is 2.57. The van der Waals surface area contributed by atoms with Crippen molar-refractivity contribution in [2.75, 3.05) is 26.2 Å². The molecule has 5 heteroatoms. The summed E-state index contributed by atoms with van der Waals surface area (Å²) in [6, 6.07) is 10.1.